The van der Waals surface area contributed by atoms with Crippen LogP contribution in [-0.2, 0) is 20.0 Å². The molecule has 3 aromatic rings. The smallest absolute Gasteiger partial charge is 0.265 e. The third-order valence-electron chi connectivity index (χ3n) is 5.86. The third kappa shape index (κ3) is 5.42. The lowest BCUT2D eigenvalue weighted by atomic mass is 10.1. The molecule has 2 N–H and O–H groups in total. The molecule has 0 aliphatic carbocycles. The van der Waals surface area contributed by atoms with Gasteiger partial charge in [0.15, 0.2) is 0 Å². The largest absolute Gasteiger partial charge is 0.497 e. The normalized spacial score (nSPS) is 11.6. The predicted octanol–water partition coefficient (Wildman–Crippen LogP) is 3.17. The zero-order valence-corrected chi connectivity index (χ0v) is 22.0. The summed E-state index contributed by atoms with van der Waals surface area (Å²) in [6.45, 7) is 6.69. The summed E-state index contributed by atoms with van der Waals surface area (Å²) in [4.78, 5) is 25.9. The second-order valence-electron chi connectivity index (χ2n) is 8.18. The lowest BCUT2D eigenvalue weighted by Gasteiger charge is -2.15. The van der Waals surface area contributed by atoms with E-state index < -0.39 is 31.9 Å². The number of rotatable bonds is 7. The fourth-order valence-corrected chi connectivity index (χ4v) is 6.10. The molecule has 11 heteroatoms. The molecule has 2 amide bonds. The van der Waals surface area contributed by atoms with E-state index >= 15 is 0 Å². The summed E-state index contributed by atoms with van der Waals surface area (Å²) in [5.41, 5.74) is 1.62. The van der Waals surface area contributed by atoms with E-state index in [9.17, 15) is 26.4 Å². The van der Waals surface area contributed by atoms with Gasteiger partial charge in [-0.3, -0.25) is 9.59 Å². The van der Waals surface area contributed by atoms with E-state index in [0.717, 1.165) is 6.07 Å². The van der Waals surface area contributed by atoms with Crippen molar-refractivity contribution in [1.82, 2.24) is 9.44 Å². The van der Waals surface area contributed by atoms with Crippen molar-refractivity contribution in [2.45, 2.75) is 37.5 Å². The zero-order valence-electron chi connectivity index (χ0n) is 20.4. The Kier molecular flexibility index (Phi) is 7.56. The standard InChI is InChI=1S/C25H26N2O7S2/c1-15-8-6-10-22(17(15)3)35(30,31)26-24(28)20-13-12-19(34-5)14-21(20)25(29)27-36(32,33)23-11-7-9-16(2)18(23)4/h6-14H,1-5H3,(H,26,28)(H,27,29). The van der Waals surface area contributed by atoms with Crippen LogP contribution in [0.1, 0.15) is 43.0 Å². The number of carbonyl (C=O) groups is 2. The van der Waals surface area contributed by atoms with E-state index in [1.807, 2.05) is 9.44 Å². The zero-order chi connectivity index (χ0) is 26.8. The Balaban J connectivity index is 2.00. The number of hydrogen-bond acceptors (Lipinski definition) is 7. The van der Waals surface area contributed by atoms with Crippen molar-refractivity contribution in [3.05, 3.63) is 88.0 Å². The number of nitrogens with one attached hydrogen (secondary N) is 2. The average Bonchev–Trinajstić information content (AvgIpc) is 2.81. The summed E-state index contributed by atoms with van der Waals surface area (Å²) in [6, 6.07) is 13.0. The van der Waals surface area contributed by atoms with Gasteiger partial charge in [-0.2, -0.15) is 0 Å². The van der Waals surface area contributed by atoms with Crippen LogP contribution < -0.4 is 14.2 Å². The fraction of sp³-hybridized carbons (Fsp3) is 0.200. The van der Waals surface area contributed by atoms with Crippen LogP contribution in [0, 0.1) is 27.7 Å². The molecule has 0 unspecified atom stereocenters. The van der Waals surface area contributed by atoms with E-state index in [4.69, 9.17) is 4.74 Å². The van der Waals surface area contributed by atoms with Crippen molar-refractivity contribution in [3.8, 4) is 5.75 Å². The fourth-order valence-electron chi connectivity index (χ4n) is 3.53. The number of ether oxygens (including phenoxy) is 1. The van der Waals surface area contributed by atoms with Gasteiger partial charge in [0.2, 0.25) is 0 Å². The van der Waals surface area contributed by atoms with Crippen LogP contribution in [0.5, 0.6) is 5.75 Å². The van der Waals surface area contributed by atoms with E-state index in [0.29, 0.717) is 22.3 Å². The van der Waals surface area contributed by atoms with Crippen LogP contribution in [-0.4, -0.2) is 35.8 Å². The van der Waals surface area contributed by atoms with Gasteiger partial charge in [0.05, 0.1) is 28.0 Å². The first-order chi connectivity index (χ1) is 16.8. The molecular weight excluding hydrogens is 504 g/mol. The Morgan fingerprint density at radius 2 is 1.11 bits per heavy atom. The molecule has 0 aliphatic heterocycles. The molecule has 9 nitrogen and oxygen atoms in total. The minimum Gasteiger partial charge on any atom is -0.497 e. The highest BCUT2D eigenvalue weighted by Crippen LogP contribution is 2.23. The number of sulfonamides is 2. The lowest BCUT2D eigenvalue weighted by Crippen LogP contribution is -2.35. The van der Waals surface area contributed by atoms with Gasteiger partial charge in [-0.05, 0) is 80.3 Å². The Morgan fingerprint density at radius 1 is 0.667 bits per heavy atom. The predicted molar refractivity (Wildman–Crippen MR) is 134 cm³/mol. The van der Waals surface area contributed by atoms with E-state index in [-0.39, 0.29) is 26.7 Å². The monoisotopic (exact) mass is 530 g/mol. The molecule has 0 atom stereocenters. The Labute approximate surface area is 210 Å². The number of benzene rings is 3. The Morgan fingerprint density at radius 3 is 1.56 bits per heavy atom. The summed E-state index contributed by atoms with van der Waals surface area (Å²) < 4.78 is 60.8. The molecular formula is C25H26N2O7S2. The van der Waals surface area contributed by atoms with Gasteiger partial charge in [0.25, 0.3) is 31.9 Å². The SMILES string of the molecule is COc1ccc(C(=O)NS(=O)(=O)c2cccc(C)c2C)c(C(=O)NS(=O)(=O)c2cccc(C)c2C)c1. The summed E-state index contributed by atoms with van der Waals surface area (Å²) in [6.07, 6.45) is 0. The maximum absolute atomic E-state index is 13.1. The lowest BCUT2D eigenvalue weighted by molar-refractivity contribution is 0.0947. The van der Waals surface area contributed by atoms with Crippen LogP contribution in [0.15, 0.2) is 64.4 Å². The summed E-state index contributed by atoms with van der Waals surface area (Å²) in [7, 11) is -7.26. The van der Waals surface area contributed by atoms with Crippen LogP contribution in [0.3, 0.4) is 0 Å². The first kappa shape index (κ1) is 26.9. The maximum Gasteiger partial charge on any atom is 0.265 e. The molecule has 0 saturated heterocycles. The third-order valence-corrected chi connectivity index (χ3v) is 8.81. The number of carbonyl (C=O) groups excluding carboxylic acids is 2. The van der Waals surface area contributed by atoms with Crippen molar-refractivity contribution in [1.29, 1.82) is 0 Å². The minimum atomic E-state index is -4.30. The molecule has 0 saturated carbocycles. The average molecular weight is 531 g/mol. The minimum absolute atomic E-state index is 0.0899. The summed E-state index contributed by atoms with van der Waals surface area (Å²) >= 11 is 0. The molecule has 0 aromatic heterocycles. The van der Waals surface area contributed by atoms with Crippen molar-refractivity contribution >= 4 is 31.9 Å². The molecule has 36 heavy (non-hydrogen) atoms. The van der Waals surface area contributed by atoms with Gasteiger partial charge in [-0.1, -0.05) is 24.3 Å². The van der Waals surface area contributed by atoms with Crippen molar-refractivity contribution in [2.24, 2.45) is 0 Å². The molecule has 0 aliphatic rings. The van der Waals surface area contributed by atoms with Gasteiger partial charge in [0.1, 0.15) is 5.75 Å². The number of methoxy groups -OCH3 is 1. The highest BCUT2D eigenvalue weighted by molar-refractivity contribution is 7.90. The quantitative estimate of drug-likeness (QED) is 0.479. The van der Waals surface area contributed by atoms with Crippen molar-refractivity contribution in [2.75, 3.05) is 7.11 Å². The highest BCUT2D eigenvalue weighted by atomic mass is 32.2. The van der Waals surface area contributed by atoms with E-state index in [1.54, 1.807) is 52.0 Å². The van der Waals surface area contributed by atoms with Gasteiger partial charge in [-0.25, -0.2) is 26.3 Å². The van der Waals surface area contributed by atoms with Crippen LogP contribution in [0.4, 0.5) is 0 Å². The van der Waals surface area contributed by atoms with Crippen LogP contribution >= 0.6 is 0 Å². The maximum atomic E-state index is 13.1. The molecule has 0 radical (unpaired) electrons. The van der Waals surface area contributed by atoms with Gasteiger partial charge in [-0.15, -0.1) is 0 Å². The molecule has 3 aromatic carbocycles. The summed E-state index contributed by atoms with van der Waals surface area (Å²) in [5.74, 6) is -2.06. The molecule has 3 rings (SSSR count). The number of aryl methyl sites for hydroxylation is 2. The van der Waals surface area contributed by atoms with E-state index in [2.05, 4.69) is 0 Å². The summed E-state index contributed by atoms with van der Waals surface area (Å²) in [5, 5.41) is 0. The Bertz CT molecular complexity index is 1580. The van der Waals surface area contributed by atoms with Crippen molar-refractivity contribution < 1.29 is 31.2 Å². The molecule has 0 fully saturated rings. The van der Waals surface area contributed by atoms with Crippen LogP contribution in [0.2, 0.25) is 0 Å². The molecule has 0 bridgehead atoms. The van der Waals surface area contributed by atoms with Crippen molar-refractivity contribution in [3.63, 3.8) is 0 Å². The van der Waals surface area contributed by atoms with E-state index in [1.165, 1.54) is 31.4 Å². The van der Waals surface area contributed by atoms with Gasteiger partial charge in [0, 0.05) is 0 Å². The van der Waals surface area contributed by atoms with Gasteiger partial charge >= 0.3 is 0 Å². The molecule has 0 heterocycles. The number of hydrogen-bond donors (Lipinski definition) is 2. The first-order valence-corrected chi connectivity index (χ1v) is 13.7. The topological polar surface area (TPSA) is 136 Å². The first-order valence-electron chi connectivity index (χ1n) is 10.7. The second-order valence-corrected chi connectivity index (χ2v) is 11.5. The second kappa shape index (κ2) is 10.1. The van der Waals surface area contributed by atoms with Crippen LogP contribution in [0.25, 0.3) is 0 Å². The Hall–Kier alpha value is -3.70. The highest BCUT2D eigenvalue weighted by Gasteiger charge is 2.27. The number of amides is 2. The van der Waals surface area contributed by atoms with Gasteiger partial charge < -0.3 is 4.74 Å². The molecule has 0 spiro atoms. The molecule has 190 valence electrons.